The Morgan fingerprint density at radius 1 is 1.02 bits per heavy atom. The molecule has 0 aliphatic carbocycles. The summed E-state index contributed by atoms with van der Waals surface area (Å²) in [5.41, 5.74) is 0.755. The van der Waals surface area contributed by atoms with Crippen molar-refractivity contribution >= 4 is 29.8 Å². The number of rotatable bonds is 14. The molecular weight excluding hydrogens is 586 g/mol. The molecule has 2 aliphatic rings. The first kappa shape index (κ1) is 33.6. The normalized spacial score (nSPS) is 16.4. The largest absolute Gasteiger partial charge is 0.527 e. The Morgan fingerprint density at radius 2 is 1.76 bits per heavy atom. The molecule has 4 rings (SSSR count). The van der Waals surface area contributed by atoms with Gasteiger partial charge in [0.25, 0.3) is 5.91 Å². The molecule has 15 nitrogen and oxygen atoms in total. The summed E-state index contributed by atoms with van der Waals surface area (Å²) in [4.78, 5) is 68.1. The number of amides is 2. The van der Waals surface area contributed by atoms with Gasteiger partial charge >= 0.3 is 12.1 Å². The van der Waals surface area contributed by atoms with Gasteiger partial charge in [-0.15, -0.1) is 5.06 Å². The number of carbonyl (C=O) groups is 4. The number of aromatic nitrogens is 2. The second-order valence-electron chi connectivity index (χ2n) is 10.5. The Balaban J connectivity index is 1.44. The maximum Gasteiger partial charge on any atom is 0.527 e. The van der Waals surface area contributed by atoms with E-state index in [2.05, 4.69) is 25.5 Å². The summed E-state index contributed by atoms with van der Waals surface area (Å²) in [5, 5.41) is 16.7. The van der Waals surface area contributed by atoms with Crippen molar-refractivity contribution in [2.45, 2.75) is 32.2 Å². The predicted octanol–water partition coefficient (Wildman–Crippen LogP) is 1.47. The highest BCUT2D eigenvalue weighted by Crippen LogP contribution is 2.19. The first-order valence-electron chi connectivity index (χ1n) is 15.2. The third kappa shape index (κ3) is 10.7. The van der Waals surface area contributed by atoms with Gasteiger partial charge in [-0.3, -0.25) is 19.3 Å². The fourth-order valence-electron chi connectivity index (χ4n) is 4.94. The van der Waals surface area contributed by atoms with E-state index in [1.807, 2.05) is 30.3 Å². The molecule has 45 heavy (non-hydrogen) atoms. The van der Waals surface area contributed by atoms with Crippen molar-refractivity contribution in [3.05, 3.63) is 42.1 Å². The average molecular weight is 628 g/mol. The van der Waals surface area contributed by atoms with Crippen molar-refractivity contribution in [1.82, 2.24) is 30.1 Å². The van der Waals surface area contributed by atoms with E-state index in [-0.39, 0.29) is 51.3 Å². The van der Waals surface area contributed by atoms with Crippen molar-refractivity contribution in [3.8, 4) is 11.4 Å². The maximum absolute atomic E-state index is 13.5. The monoisotopic (exact) mass is 627 g/mol. The van der Waals surface area contributed by atoms with E-state index < -0.39 is 30.0 Å². The van der Waals surface area contributed by atoms with Gasteiger partial charge in [0.15, 0.2) is 5.82 Å². The molecule has 15 heteroatoms. The van der Waals surface area contributed by atoms with Gasteiger partial charge in [-0.05, 0) is 26.3 Å². The van der Waals surface area contributed by atoms with E-state index in [0.717, 1.165) is 39.3 Å². The molecule has 0 saturated carbocycles. The number of benzene rings is 1. The van der Waals surface area contributed by atoms with Gasteiger partial charge in [0.1, 0.15) is 17.6 Å². The van der Waals surface area contributed by atoms with Crippen LogP contribution in [0.1, 0.15) is 36.7 Å². The van der Waals surface area contributed by atoms with Crippen LogP contribution in [0, 0.1) is 0 Å². The molecule has 0 unspecified atom stereocenters. The molecule has 2 saturated heterocycles. The third-order valence-electron chi connectivity index (χ3n) is 7.32. The van der Waals surface area contributed by atoms with Crippen molar-refractivity contribution in [3.63, 3.8) is 0 Å². The minimum atomic E-state index is -1.11. The number of morpholine rings is 1. The van der Waals surface area contributed by atoms with Crippen molar-refractivity contribution in [2.24, 2.45) is 0 Å². The first-order chi connectivity index (χ1) is 21.8. The minimum absolute atomic E-state index is 0.0420. The SMILES string of the molecule is CCOC(=O)ON1CCN(C(=O)[C@H](CCC(=O)O)NC(=O)c2cc(NCCCN3CCOCC3)nc(-c3ccccc3)n2)CC1. The topological polar surface area (TPSA) is 176 Å². The molecule has 3 N–H and O–H groups in total. The van der Waals surface area contributed by atoms with E-state index in [1.54, 1.807) is 6.92 Å². The number of piperazine rings is 1. The lowest BCUT2D eigenvalue weighted by Crippen LogP contribution is -2.55. The number of nitrogens with zero attached hydrogens (tertiary/aromatic N) is 5. The number of hydrogen-bond donors (Lipinski definition) is 3. The highest BCUT2D eigenvalue weighted by molar-refractivity contribution is 5.97. The molecule has 2 aromatic rings. The third-order valence-corrected chi connectivity index (χ3v) is 7.32. The van der Waals surface area contributed by atoms with Crippen LogP contribution in [0.2, 0.25) is 0 Å². The van der Waals surface area contributed by atoms with Crippen molar-refractivity contribution in [2.75, 3.05) is 77.5 Å². The Labute approximate surface area is 261 Å². The molecule has 0 radical (unpaired) electrons. The van der Waals surface area contributed by atoms with E-state index in [4.69, 9.17) is 14.3 Å². The summed E-state index contributed by atoms with van der Waals surface area (Å²) in [5.74, 6) is -1.35. The molecule has 2 fully saturated rings. The lowest BCUT2D eigenvalue weighted by molar-refractivity contribution is -0.157. The highest BCUT2D eigenvalue weighted by Gasteiger charge is 2.31. The molecule has 3 heterocycles. The fraction of sp³-hybridized carbons (Fsp3) is 0.533. The molecule has 244 valence electrons. The fourth-order valence-corrected chi connectivity index (χ4v) is 4.94. The van der Waals surface area contributed by atoms with Crippen LogP contribution >= 0.6 is 0 Å². The molecule has 0 bridgehead atoms. The van der Waals surface area contributed by atoms with Crippen LogP contribution in [0.4, 0.5) is 10.6 Å². The van der Waals surface area contributed by atoms with Gasteiger partial charge < -0.3 is 35.0 Å². The zero-order valence-electron chi connectivity index (χ0n) is 25.5. The number of hydrogen-bond acceptors (Lipinski definition) is 12. The number of ether oxygens (including phenoxy) is 2. The summed E-state index contributed by atoms with van der Waals surface area (Å²) in [6, 6.07) is 9.66. The summed E-state index contributed by atoms with van der Waals surface area (Å²) in [7, 11) is 0. The smallest absolute Gasteiger partial charge is 0.481 e. The first-order valence-corrected chi connectivity index (χ1v) is 15.2. The molecule has 1 atom stereocenters. The van der Waals surface area contributed by atoms with Crippen LogP contribution in [0.5, 0.6) is 0 Å². The van der Waals surface area contributed by atoms with Gasteiger partial charge in [-0.2, -0.15) is 0 Å². The molecule has 2 aliphatic heterocycles. The molecule has 2 amide bonds. The van der Waals surface area contributed by atoms with Crippen LogP contribution in [0.3, 0.4) is 0 Å². The van der Waals surface area contributed by atoms with Gasteiger partial charge in [0, 0.05) is 50.8 Å². The van der Waals surface area contributed by atoms with E-state index in [0.29, 0.717) is 23.8 Å². The second kappa shape index (κ2) is 17.2. The quantitative estimate of drug-likeness (QED) is 0.203. The number of nitrogens with one attached hydrogen (secondary N) is 2. The van der Waals surface area contributed by atoms with Crippen LogP contribution in [-0.4, -0.2) is 132 Å². The Morgan fingerprint density at radius 3 is 2.44 bits per heavy atom. The van der Waals surface area contributed by atoms with Gasteiger partial charge in [0.05, 0.1) is 32.9 Å². The van der Waals surface area contributed by atoms with E-state index in [9.17, 15) is 24.3 Å². The highest BCUT2D eigenvalue weighted by atomic mass is 16.8. The van der Waals surface area contributed by atoms with Crippen LogP contribution in [0.25, 0.3) is 11.4 Å². The van der Waals surface area contributed by atoms with Gasteiger partial charge in [0.2, 0.25) is 5.91 Å². The van der Waals surface area contributed by atoms with E-state index >= 15 is 0 Å². The predicted molar refractivity (Wildman–Crippen MR) is 162 cm³/mol. The minimum Gasteiger partial charge on any atom is -0.481 e. The zero-order valence-corrected chi connectivity index (χ0v) is 25.5. The van der Waals surface area contributed by atoms with Crippen LogP contribution in [0.15, 0.2) is 36.4 Å². The Bertz CT molecular complexity index is 1280. The summed E-state index contributed by atoms with van der Waals surface area (Å²) >= 11 is 0. The summed E-state index contributed by atoms with van der Waals surface area (Å²) in [6.45, 7) is 7.50. The average Bonchev–Trinajstić information content (AvgIpc) is 3.05. The molecule has 0 spiro atoms. The molecular formula is C30H41N7O8. The zero-order chi connectivity index (χ0) is 32.0. The van der Waals surface area contributed by atoms with Crippen LogP contribution in [-0.2, 0) is 23.9 Å². The molecule has 1 aromatic carbocycles. The number of anilines is 1. The van der Waals surface area contributed by atoms with Gasteiger partial charge in [-0.25, -0.2) is 14.8 Å². The Kier molecular flexibility index (Phi) is 12.8. The lowest BCUT2D eigenvalue weighted by Gasteiger charge is -2.35. The van der Waals surface area contributed by atoms with Crippen LogP contribution < -0.4 is 10.6 Å². The number of carboxylic acid groups (broad SMARTS) is 1. The Hall–Kier alpha value is -4.34. The number of aliphatic carboxylic acids is 1. The summed E-state index contributed by atoms with van der Waals surface area (Å²) < 4.78 is 10.2. The maximum atomic E-state index is 13.5. The number of hydroxylamine groups is 2. The summed E-state index contributed by atoms with van der Waals surface area (Å²) in [6.07, 6.45) is -0.398. The molecule has 1 aromatic heterocycles. The van der Waals surface area contributed by atoms with Crippen molar-refractivity contribution < 1.29 is 38.6 Å². The van der Waals surface area contributed by atoms with E-state index in [1.165, 1.54) is 16.0 Å². The standard InChI is InChI=1S/C30H41N7O8/c1-2-44-30(42)45-37-15-13-36(14-16-37)29(41)23(9-10-26(38)39)33-28(40)24-21-25(31-11-6-12-35-17-19-43-20-18-35)34-27(32-24)22-7-4-3-5-8-22/h3-5,7-8,21,23H,2,6,9-20H2,1H3,(H,33,40)(H,38,39)(H,31,32,34)/t23-/m0/s1. The van der Waals surface area contributed by atoms with Gasteiger partial charge in [-0.1, -0.05) is 30.3 Å². The number of carbonyl (C=O) groups excluding carboxylic acids is 3. The van der Waals surface area contributed by atoms with Crippen molar-refractivity contribution in [1.29, 1.82) is 0 Å². The second-order valence-corrected chi connectivity index (χ2v) is 10.5. The number of carboxylic acids is 1. The lowest BCUT2D eigenvalue weighted by atomic mass is 10.1.